The molecule has 1 aromatic heterocycles. The third-order valence-electron chi connectivity index (χ3n) is 4.39. The Labute approximate surface area is 159 Å². The molecule has 1 amide bonds. The van der Waals surface area contributed by atoms with Crippen LogP contribution in [0.2, 0.25) is 0 Å². The standard InChI is InChI=1S/C19H25N5O3/c1-14-12-17(21-15-4-6-16(27-3)7-5-15)22-19(20-14)24-10-8-23(9-11-24)18(25)13-26-2/h4-7,12H,8-11,13H2,1-3H3,(H,20,21,22). The van der Waals surface area contributed by atoms with Gasteiger partial charge in [0, 0.05) is 50.7 Å². The number of anilines is 3. The fourth-order valence-corrected chi connectivity index (χ4v) is 2.95. The molecule has 0 spiro atoms. The van der Waals surface area contributed by atoms with Gasteiger partial charge in [-0.3, -0.25) is 4.79 Å². The fraction of sp³-hybridized carbons (Fsp3) is 0.421. The summed E-state index contributed by atoms with van der Waals surface area (Å²) in [5, 5.41) is 3.30. The Kier molecular flexibility index (Phi) is 6.08. The summed E-state index contributed by atoms with van der Waals surface area (Å²) in [6, 6.07) is 9.58. The zero-order chi connectivity index (χ0) is 19.2. The van der Waals surface area contributed by atoms with Gasteiger partial charge in [0.25, 0.3) is 0 Å². The van der Waals surface area contributed by atoms with Crippen molar-refractivity contribution in [2.24, 2.45) is 0 Å². The highest BCUT2D eigenvalue weighted by Crippen LogP contribution is 2.21. The molecule has 27 heavy (non-hydrogen) atoms. The maximum Gasteiger partial charge on any atom is 0.248 e. The molecule has 0 aliphatic carbocycles. The van der Waals surface area contributed by atoms with Crippen LogP contribution in [-0.2, 0) is 9.53 Å². The van der Waals surface area contributed by atoms with Gasteiger partial charge in [-0.15, -0.1) is 0 Å². The second kappa shape index (κ2) is 8.68. The van der Waals surface area contributed by atoms with Crippen LogP contribution in [0.1, 0.15) is 5.69 Å². The summed E-state index contributed by atoms with van der Waals surface area (Å²) in [6.07, 6.45) is 0. The number of nitrogens with one attached hydrogen (secondary N) is 1. The first-order chi connectivity index (χ1) is 13.1. The third-order valence-corrected chi connectivity index (χ3v) is 4.39. The maximum absolute atomic E-state index is 11.9. The molecule has 2 heterocycles. The summed E-state index contributed by atoms with van der Waals surface area (Å²) in [5.74, 6) is 2.23. The summed E-state index contributed by atoms with van der Waals surface area (Å²) in [6.45, 7) is 4.74. The normalized spacial score (nSPS) is 14.2. The molecule has 1 aliphatic heterocycles. The van der Waals surface area contributed by atoms with Gasteiger partial charge in [-0.05, 0) is 31.2 Å². The first-order valence-corrected chi connectivity index (χ1v) is 8.87. The van der Waals surface area contributed by atoms with Gasteiger partial charge in [-0.1, -0.05) is 0 Å². The summed E-state index contributed by atoms with van der Waals surface area (Å²) in [5.41, 5.74) is 1.81. The van der Waals surface area contributed by atoms with E-state index in [2.05, 4.69) is 20.2 Å². The van der Waals surface area contributed by atoms with Crippen LogP contribution in [-0.4, -0.2) is 67.8 Å². The Bertz CT molecular complexity index is 773. The van der Waals surface area contributed by atoms with Crippen molar-refractivity contribution in [2.75, 3.05) is 57.2 Å². The Morgan fingerprint density at radius 2 is 1.81 bits per heavy atom. The summed E-state index contributed by atoms with van der Waals surface area (Å²) in [4.78, 5) is 25.0. The number of carbonyl (C=O) groups is 1. The number of benzene rings is 1. The average Bonchev–Trinajstić information content (AvgIpc) is 2.68. The van der Waals surface area contributed by atoms with Crippen molar-refractivity contribution in [3.8, 4) is 5.75 Å². The molecular formula is C19H25N5O3. The minimum absolute atomic E-state index is 0.0178. The van der Waals surface area contributed by atoms with Crippen molar-refractivity contribution in [3.05, 3.63) is 36.0 Å². The van der Waals surface area contributed by atoms with Crippen molar-refractivity contribution in [2.45, 2.75) is 6.92 Å². The van der Waals surface area contributed by atoms with Crippen LogP contribution in [0.25, 0.3) is 0 Å². The van der Waals surface area contributed by atoms with Gasteiger partial charge in [0.2, 0.25) is 11.9 Å². The monoisotopic (exact) mass is 371 g/mol. The molecule has 1 aromatic carbocycles. The lowest BCUT2D eigenvalue weighted by Crippen LogP contribution is -2.50. The first-order valence-electron chi connectivity index (χ1n) is 8.87. The highest BCUT2D eigenvalue weighted by atomic mass is 16.5. The van der Waals surface area contributed by atoms with Gasteiger partial charge in [0.1, 0.15) is 18.2 Å². The number of aromatic nitrogens is 2. The average molecular weight is 371 g/mol. The second-order valence-electron chi connectivity index (χ2n) is 6.35. The van der Waals surface area contributed by atoms with Crippen LogP contribution >= 0.6 is 0 Å². The number of amides is 1. The van der Waals surface area contributed by atoms with E-state index in [4.69, 9.17) is 9.47 Å². The molecule has 1 saturated heterocycles. The molecule has 0 saturated carbocycles. The molecular weight excluding hydrogens is 346 g/mol. The van der Waals surface area contributed by atoms with E-state index in [9.17, 15) is 4.79 Å². The molecule has 2 aromatic rings. The highest BCUT2D eigenvalue weighted by molar-refractivity contribution is 5.77. The van der Waals surface area contributed by atoms with Crippen LogP contribution in [0.5, 0.6) is 5.75 Å². The predicted molar refractivity (Wildman–Crippen MR) is 104 cm³/mol. The summed E-state index contributed by atoms with van der Waals surface area (Å²) in [7, 11) is 3.18. The van der Waals surface area contributed by atoms with Gasteiger partial charge < -0.3 is 24.6 Å². The number of hydrogen-bond donors (Lipinski definition) is 1. The van der Waals surface area contributed by atoms with Crippen LogP contribution < -0.4 is 15.0 Å². The fourth-order valence-electron chi connectivity index (χ4n) is 2.95. The van der Waals surface area contributed by atoms with E-state index in [1.165, 1.54) is 7.11 Å². The van der Waals surface area contributed by atoms with Crippen molar-refractivity contribution >= 4 is 23.4 Å². The molecule has 1 N–H and O–H groups in total. The summed E-state index contributed by atoms with van der Waals surface area (Å²) < 4.78 is 10.1. The van der Waals surface area contributed by atoms with E-state index in [0.29, 0.717) is 32.1 Å². The van der Waals surface area contributed by atoms with Gasteiger partial charge in [-0.2, -0.15) is 4.98 Å². The first kappa shape index (κ1) is 18.9. The zero-order valence-corrected chi connectivity index (χ0v) is 15.9. The number of hydrogen-bond acceptors (Lipinski definition) is 7. The number of piperazine rings is 1. The van der Waals surface area contributed by atoms with Crippen LogP contribution in [0.4, 0.5) is 17.5 Å². The predicted octanol–water partition coefficient (Wildman–Crippen LogP) is 1.83. The molecule has 0 radical (unpaired) electrons. The minimum atomic E-state index is 0.0178. The molecule has 144 valence electrons. The lowest BCUT2D eigenvalue weighted by atomic mass is 10.3. The Hall–Kier alpha value is -2.87. The number of aryl methyl sites for hydroxylation is 1. The Balaban J connectivity index is 1.67. The summed E-state index contributed by atoms with van der Waals surface area (Å²) >= 11 is 0. The highest BCUT2D eigenvalue weighted by Gasteiger charge is 2.22. The molecule has 8 nitrogen and oxygen atoms in total. The van der Waals surface area contributed by atoms with E-state index in [1.807, 2.05) is 42.2 Å². The smallest absolute Gasteiger partial charge is 0.248 e. The Morgan fingerprint density at radius 1 is 1.11 bits per heavy atom. The SMILES string of the molecule is COCC(=O)N1CCN(c2nc(C)cc(Nc3ccc(OC)cc3)n2)CC1. The van der Waals surface area contributed by atoms with Crippen LogP contribution in [0, 0.1) is 6.92 Å². The van der Waals surface area contributed by atoms with E-state index >= 15 is 0 Å². The Morgan fingerprint density at radius 3 is 2.44 bits per heavy atom. The lowest BCUT2D eigenvalue weighted by Gasteiger charge is -2.34. The van der Waals surface area contributed by atoms with E-state index in [-0.39, 0.29) is 12.5 Å². The topological polar surface area (TPSA) is 79.8 Å². The van der Waals surface area contributed by atoms with Crippen LogP contribution in [0.15, 0.2) is 30.3 Å². The largest absolute Gasteiger partial charge is 0.497 e. The lowest BCUT2D eigenvalue weighted by molar-refractivity contribution is -0.135. The maximum atomic E-state index is 11.9. The minimum Gasteiger partial charge on any atom is -0.497 e. The van der Waals surface area contributed by atoms with E-state index < -0.39 is 0 Å². The number of nitrogens with zero attached hydrogens (tertiary/aromatic N) is 4. The van der Waals surface area contributed by atoms with Gasteiger partial charge >= 0.3 is 0 Å². The molecule has 8 heteroatoms. The van der Waals surface area contributed by atoms with Crippen molar-refractivity contribution in [1.29, 1.82) is 0 Å². The molecule has 0 atom stereocenters. The number of methoxy groups -OCH3 is 2. The van der Waals surface area contributed by atoms with Gasteiger partial charge in [-0.25, -0.2) is 4.98 Å². The van der Waals surface area contributed by atoms with Crippen molar-refractivity contribution in [1.82, 2.24) is 14.9 Å². The molecule has 1 fully saturated rings. The number of carbonyl (C=O) groups excluding carboxylic acids is 1. The van der Waals surface area contributed by atoms with E-state index in [0.717, 1.165) is 22.9 Å². The zero-order valence-electron chi connectivity index (χ0n) is 15.9. The molecule has 0 unspecified atom stereocenters. The number of rotatable bonds is 6. The quantitative estimate of drug-likeness (QED) is 0.830. The van der Waals surface area contributed by atoms with Gasteiger partial charge in [0.05, 0.1) is 7.11 Å². The number of ether oxygens (including phenoxy) is 2. The third kappa shape index (κ3) is 4.85. The second-order valence-corrected chi connectivity index (χ2v) is 6.35. The molecule has 3 rings (SSSR count). The van der Waals surface area contributed by atoms with Crippen molar-refractivity contribution < 1.29 is 14.3 Å². The van der Waals surface area contributed by atoms with Crippen LogP contribution in [0.3, 0.4) is 0 Å². The molecule has 0 bridgehead atoms. The molecule has 1 aliphatic rings. The van der Waals surface area contributed by atoms with Crippen molar-refractivity contribution in [3.63, 3.8) is 0 Å². The van der Waals surface area contributed by atoms with Gasteiger partial charge in [0.15, 0.2) is 0 Å². The van der Waals surface area contributed by atoms with E-state index in [1.54, 1.807) is 7.11 Å².